The number of ether oxygens (including phenoxy) is 1. The average molecular weight is 493 g/mol. The molecule has 0 aromatic heterocycles. The number of carbonyl (C=O) groups excluding carboxylic acids is 1. The molecule has 3 aromatic carbocycles. The van der Waals surface area contributed by atoms with E-state index in [1.807, 2.05) is 56.3 Å². The van der Waals surface area contributed by atoms with E-state index < -0.39 is 11.6 Å². The molecule has 0 bridgehead atoms. The van der Waals surface area contributed by atoms with E-state index in [-0.39, 0.29) is 23.7 Å². The monoisotopic (exact) mass is 492 g/mol. The number of likely N-dealkylation sites (tertiary alicyclic amines) is 1. The van der Waals surface area contributed by atoms with Gasteiger partial charge >= 0.3 is 0 Å². The molecule has 0 spiro atoms. The molecule has 1 unspecified atom stereocenters. The first-order valence-corrected chi connectivity index (χ1v) is 12.7. The Balaban J connectivity index is 1.35. The molecule has 1 saturated heterocycles. The molecule has 1 aliphatic heterocycles. The number of nitrogens with one attached hydrogen (secondary N) is 1. The number of piperidine rings is 1. The molecular formula is C30H34F2N2O2. The minimum Gasteiger partial charge on any atom is -0.483 e. The fourth-order valence-corrected chi connectivity index (χ4v) is 4.63. The van der Waals surface area contributed by atoms with Crippen LogP contribution in [0.4, 0.5) is 14.5 Å². The number of carbonyl (C=O) groups is 1. The number of nitrogens with zero attached hydrogens (tertiary/aromatic N) is 1. The van der Waals surface area contributed by atoms with Crippen LogP contribution in [0.5, 0.6) is 5.75 Å². The summed E-state index contributed by atoms with van der Waals surface area (Å²) in [5, 5.41) is 2.99. The molecule has 0 radical (unpaired) electrons. The van der Waals surface area contributed by atoms with E-state index in [0.29, 0.717) is 12.3 Å². The molecular weight excluding hydrogens is 458 g/mol. The van der Waals surface area contributed by atoms with Crippen molar-refractivity contribution in [3.05, 3.63) is 95.6 Å². The Morgan fingerprint density at radius 1 is 1.00 bits per heavy atom. The molecule has 1 amide bonds. The van der Waals surface area contributed by atoms with Crippen LogP contribution in [0.25, 0.3) is 0 Å². The number of amides is 1. The van der Waals surface area contributed by atoms with Crippen molar-refractivity contribution < 1.29 is 18.3 Å². The second-order valence-electron chi connectivity index (χ2n) is 9.77. The van der Waals surface area contributed by atoms with Crippen LogP contribution < -0.4 is 10.1 Å². The summed E-state index contributed by atoms with van der Waals surface area (Å²) in [6.07, 6.45) is 2.34. The molecule has 190 valence electrons. The van der Waals surface area contributed by atoms with Crippen LogP contribution >= 0.6 is 0 Å². The molecule has 1 N–H and O–H groups in total. The quantitative estimate of drug-likeness (QED) is 0.351. The van der Waals surface area contributed by atoms with Crippen LogP contribution in [-0.2, 0) is 4.79 Å². The van der Waals surface area contributed by atoms with Gasteiger partial charge in [0.2, 0.25) is 5.91 Å². The summed E-state index contributed by atoms with van der Waals surface area (Å²) in [6, 6.07) is 21.2. The van der Waals surface area contributed by atoms with E-state index in [1.165, 1.54) is 5.56 Å². The summed E-state index contributed by atoms with van der Waals surface area (Å²) in [5.74, 6) is -0.738. The van der Waals surface area contributed by atoms with Crippen LogP contribution in [0.3, 0.4) is 0 Å². The number of halogens is 2. The summed E-state index contributed by atoms with van der Waals surface area (Å²) < 4.78 is 33.9. The van der Waals surface area contributed by atoms with Gasteiger partial charge in [-0.05, 0) is 67.2 Å². The zero-order chi connectivity index (χ0) is 25.5. The summed E-state index contributed by atoms with van der Waals surface area (Å²) >= 11 is 0. The van der Waals surface area contributed by atoms with Gasteiger partial charge in [-0.2, -0.15) is 0 Å². The Kier molecular flexibility index (Phi) is 8.70. The molecule has 1 aliphatic rings. The molecule has 0 saturated carbocycles. The first-order valence-electron chi connectivity index (χ1n) is 12.7. The Hall–Kier alpha value is -3.25. The fourth-order valence-electron chi connectivity index (χ4n) is 4.63. The number of anilines is 1. The third-order valence-corrected chi connectivity index (χ3v) is 6.78. The van der Waals surface area contributed by atoms with Crippen molar-refractivity contribution in [3.63, 3.8) is 0 Å². The van der Waals surface area contributed by atoms with Crippen molar-refractivity contribution in [2.45, 2.75) is 45.1 Å². The number of hydrogen-bond donors (Lipinski definition) is 1. The van der Waals surface area contributed by atoms with E-state index >= 15 is 0 Å². The summed E-state index contributed by atoms with van der Waals surface area (Å²) in [5.41, 5.74) is 3.04. The highest BCUT2D eigenvalue weighted by molar-refractivity contribution is 5.92. The first-order chi connectivity index (χ1) is 17.4. The van der Waals surface area contributed by atoms with E-state index in [4.69, 9.17) is 4.74 Å². The summed E-state index contributed by atoms with van der Waals surface area (Å²) in [7, 11) is 0. The Labute approximate surface area is 212 Å². The smallest absolute Gasteiger partial charge is 0.226 e. The van der Waals surface area contributed by atoms with Gasteiger partial charge in [0, 0.05) is 30.6 Å². The van der Waals surface area contributed by atoms with E-state index in [2.05, 4.69) is 22.3 Å². The van der Waals surface area contributed by atoms with E-state index in [0.717, 1.165) is 61.9 Å². The predicted molar refractivity (Wildman–Crippen MR) is 139 cm³/mol. The largest absolute Gasteiger partial charge is 0.483 e. The molecule has 4 rings (SSSR count). The Morgan fingerprint density at radius 2 is 1.75 bits per heavy atom. The van der Waals surface area contributed by atoms with Gasteiger partial charge in [-0.3, -0.25) is 4.79 Å². The molecule has 1 fully saturated rings. The maximum atomic E-state index is 14.3. The van der Waals surface area contributed by atoms with Gasteiger partial charge in [0.15, 0.2) is 11.6 Å². The average Bonchev–Trinajstić information content (AvgIpc) is 2.89. The van der Waals surface area contributed by atoms with Crippen molar-refractivity contribution in [1.29, 1.82) is 0 Å². The van der Waals surface area contributed by atoms with Gasteiger partial charge < -0.3 is 15.0 Å². The van der Waals surface area contributed by atoms with Crippen molar-refractivity contribution in [1.82, 2.24) is 4.90 Å². The number of benzene rings is 3. The number of rotatable bonds is 9. The van der Waals surface area contributed by atoms with Crippen LogP contribution in [0, 0.1) is 17.6 Å². The molecule has 1 atom stereocenters. The zero-order valence-electron chi connectivity index (χ0n) is 20.9. The number of hydrogen-bond acceptors (Lipinski definition) is 3. The van der Waals surface area contributed by atoms with Crippen molar-refractivity contribution in [2.24, 2.45) is 5.92 Å². The molecule has 6 heteroatoms. The third kappa shape index (κ3) is 6.91. The molecule has 4 nitrogen and oxygen atoms in total. The second kappa shape index (κ2) is 12.1. The normalized spacial score (nSPS) is 15.6. The predicted octanol–water partition coefficient (Wildman–Crippen LogP) is 6.95. The highest BCUT2D eigenvalue weighted by Crippen LogP contribution is 2.32. The van der Waals surface area contributed by atoms with E-state index in [1.54, 1.807) is 0 Å². The molecule has 0 aliphatic carbocycles. The van der Waals surface area contributed by atoms with Crippen LogP contribution in [-0.4, -0.2) is 30.4 Å². The maximum absolute atomic E-state index is 14.3. The molecule has 1 heterocycles. The minimum absolute atomic E-state index is 0.0234. The van der Waals surface area contributed by atoms with Crippen LogP contribution in [0.15, 0.2) is 72.8 Å². The third-order valence-electron chi connectivity index (χ3n) is 6.78. The second-order valence-corrected chi connectivity index (χ2v) is 9.77. The summed E-state index contributed by atoms with van der Waals surface area (Å²) in [4.78, 5) is 14.5. The van der Waals surface area contributed by atoms with Crippen LogP contribution in [0.1, 0.15) is 56.3 Å². The van der Waals surface area contributed by atoms with E-state index in [9.17, 15) is 13.6 Å². The zero-order valence-corrected chi connectivity index (χ0v) is 20.9. The van der Waals surface area contributed by atoms with Gasteiger partial charge in [0.05, 0.1) is 0 Å². The lowest BCUT2D eigenvalue weighted by Crippen LogP contribution is -2.34. The molecule has 3 aromatic rings. The van der Waals surface area contributed by atoms with Crippen molar-refractivity contribution >= 4 is 11.6 Å². The van der Waals surface area contributed by atoms with Gasteiger partial charge in [0.25, 0.3) is 0 Å². The van der Waals surface area contributed by atoms with Gasteiger partial charge in [0.1, 0.15) is 11.9 Å². The SMILES string of the molecule is CC(C)C(=O)Nc1cccc(C2CCN(CCC(Oc3cc(F)ccc3F)c3ccccc3)CC2)c1. The highest BCUT2D eigenvalue weighted by atomic mass is 19.1. The van der Waals surface area contributed by atoms with Gasteiger partial charge in [-0.25, -0.2) is 8.78 Å². The summed E-state index contributed by atoms with van der Waals surface area (Å²) in [6.45, 7) is 6.47. The highest BCUT2D eigenvalue weighted by Gasteiger charge is 2.23. The van der Waals surface area contributed by atoms with Crippen molar-refractivity contribution in [2.75, 3.05) is 25.0 Å². The van der Waals surface area contributed by atoms with Crippen molar-refractivity contribution in [3.8, 4) is 5.75 Å². The maximum Gasteiger partial charge on any atom is 0.226 e. The fraction of sp³-hybridized carbons (Fsp3) is 0.367. The topological polar surface area (TPSA) is 41.6 Å². The lowest BCUT2D eigenvalue weighted by molar-refractivity contribution is -0.118. The lowest BCUT2D eigenvalue weighted by atomic mass is 9.89. The van der Waals surface area contributed by atoms with Gasteiger partial charge in [-0.1, -0.05) is 56.3 Å². The Morgan fingerprint density at radius 3 is 2.47 bits per heavy atom. The standard InChI is InChI=1S/C30H34F2N2O2/c1-21(2)30(35)33-26-10-6-9-24(19-26)22-13-16-34(17-14-22)18-15-28(23-7-4-3-5-8-23)36-29-20-25(31)11-12-27(29)32/h3-12,19-22,28H,13-18H2,1-2H3,(H,33,35). The van der Waals surface area contributed by atoms with Crippen LogP contribution in [0.2, 0.25) is 0 Å². The Bertz CT molecular complexity index is 1140. The first kappa shape index (κ1) is 25.8. The van der Waals surface area contributed by atoms with Gasteiger partial charge in [-0.15, -0.1) is 0 Å². The minimum atomic E-state index is -0.565. The molecule has 36 heavy (non-hydrogen) atoms. The lowest BCUT2D eigenvalue weighted by Gasteiger charge is -2.33.